The van der Waals surface area contributed by atoms with Crippen LogP contribution in [0.3, 0.4) is 0 Å². The van der Waals surface area contributed by atoms with Crippen LogP contribution in [0.4, 0.5) is 0 Å². The molecule has 0 saturated carbocycles. The van der Waals surface area contributed by atoms with E-state index in [0.717, 1.165) is 0 Å². The molecule has 0 aliphatic rings. The summed E-state index contributed by atoms with van der Waals surface area (Å²) in [4.78, 5) is 0. The lowest BCUT2D eigenvalue weighted by Crippen LogP contribution is -2.20. The van der Waals surface area contributed by atoms with Gasteiger partial charge in [-0.2, -0.15) is 0 Å². The summed E-state index contributed by atoms with van der Waals surface area (Å²) >= 11 is 0. The molecule has 0 fully saturated rings. The van der Waals surface area contributed by atoms with Gasteiger partial charge in [-0.25, -0.2) is 0 Å². The molecule has 32 nitrogen and oxygen atoms in total. The van der Waals surface area contributed by atoms with E-state index in [1.807, 2.05) is 0 Å². The zero-order chi connectivity index (χ0) is 67.4. The Balaban J connectivity index is 3.30. The molecular weight excluding hydrogens is 1300 g/mol. The van der Waals surface area contributed by atoms with Gasteiger partial charge in [0.05, 0.1) is 383 Å². The van der Waals surface area contributed by atoms with Crippen LogP contribution in [0.5, 0.6) is 0 Å². The summed E-state index contributed by atoms with van der Waals surface area (Å²) in [6.45, 7) is 23.7. The molecule has 0 bridgehead atoms. The molecule has 0 radical (unpaired) electrons. The summed E-state index contributed by atoms with van der Waals surface area (Å²) in [6.07, 6.45) is 0. The Bertz CT molecular complexity index is 1240. The number of hydrogen-bond donors (Lipinski definition) is 4. The molecule has 2 atom stereocenters. The number of hydrogen-bond acceptors (Lipinski definition) is 34. The van der Waals surface area contributed by atoms with E-state index < -0.39 is 10.9 Å². The molecule has 0 aromatic carbocycles. The minimum atomic E-state index is -0.517. The van der Waals surface area contributed by atoms with Crippen molar-refractivity contribution < 1.29 is 153 Å². The summed E-state index contributed by atoms with van der Waals surface area (Å²) in [5, 5.41) is 36.7. The van der Waals surface area contributed by atoms with E-state index in [2.05, 4.69) is 0 Å². The standard InChI is InChI=1S/C60H122O32S2/c61-1-3-65-5-7-67-9-11-69-13-15-71-17-19-73-21-23-75-25-27-77-29-31-79-33-35-81-37-39-83-41-43-85-45-47-87-49-51-89-53-55-91-59(57-63)93-94-60(58-64)92-56-54-90-52-50-88-48-46-86-44-42-84-40-38-82-36-34-80-32-30-78-28-26-76-24-22-74-20-18-72-16-14-70-12-10-68-8-6-66-4-2-62/h59-64H,1-58H2. The molecule has 34 heteroatoms. The van der Waals surface area contributed by atoms with Crippen molar-refractivity contribution in [1.82, 2.24) is 0 Å². The predicted molar refractivity (Wildman–Crippen MR) is 344 cm³/mol. The van der Waals surface area contributed by atoms with Crippen LogP contribution in [-0.2, 0) is 133 Å². The van der Waals surface area contributed by atoms with Crippen LogP contribution in [-0.4, -0.2) is 414 Å². The van der Waals surface area contributed by atoms with Gasteiger partial charge in [-0.3, -0.25) is 0 Å². The second-order valence-corrected chi connectivity index (χ2v) is 21.1. The Morgan fingerprint density at radius 3 is 0.330 bits per heavy atom. The third kappa shape index (κ3) is 83.8. The van der Waals surface area contributed by atoms with E-state index in [0.29, 0.717) is 344 Å². The number of ether oxygens (including phenoxy) is 28. The van der Waals surface area contributed by atoms with Crippen molar-refractivity contribution in [3.05, 3.63) is 0 Å². The summed E-state index contributed by atoms with van der Waals surface area (Å²) in [7, 11) is 2.55. The molecule has 0 aromatic heterocycles. The first-order valence-electron chi connectivity index (χ1n) is 32.8. The van der Waals surface area contributed by atoms with Crippen LogP contribution >= 0.6 is 21.6 Å². The topological polar surface area (TPSA) is 339 Å². The number of aliphatic hydroxyl groups excluding tert-OH is 4. The van der Waals surface area contributed by atoms with Crippen molar-refractivity contribution in [2.24, 2.45) is 0 Å². The highest BCUT2D eigenvalue weighted by Crippen LogP contribution is 2.32. The largest absolute Gasteiger partial charge is 0.394 e. The van der Waals surface area contributed by atoms with Crippen molar-refractivity contribution in [1.29, 1.82) is 0 Å². The number of rotatable bonds is 89. The van der Waals surface area contributed by atoms with Crippen molar-refractivity contribution in [2.45, 2.75) is 10.9 Å². The first kappa shape index (κ1) is 93.4. The average molecular weight is 1420 g/mol. The Morgan fingerprint density at radius 2 is 0.234 bits per heavy atom. The second kappa shape index (κ2) is 88.5. The van der Waals surface area contributed by atoms with Gasteiger partial charge < -0.3 is 153 Å². The molecule has 94 heavy (non-hydrogen) atoms. The highest BCUT2D eigenvalue weighted by atomic mass is 33.1. The maximum Gasteiger partial charge on any atom is 0.136 e. The minimum Gasteiger partial charge on any atom is -0.394 e. The van der Waals surface area contributed by atoms with Gasteiger partial charge in [0.15, 0.2) is 0 Å². The molecule has 2 unspecified atom stereocenters. The highest BCUT2D eigenvalue weighted by Gasteiger charge is 2.15. The third-order valence-corrected chi connectivity index (χ3v) is 13.8. The Kier molecular flexibility index (Phi) is 88.0. The summed E-state index contributed by atoms with van der Waals surface area (Å²) in [5.74, 6) is 0. The van der Waals surface area contributed by atoms with E-state index in [4.69, 9.17) is 143 Å². The lowest BCUT2D eigenvalue weighted by atomic mass is 10.6. The summed E-state index contributed by atoms with van der Waals surface area (Å²) in [6, 6.07) is 0. The lowest BCUT2D eigenvalue weighted by Gasteiger charge is -2.19. The fourth-order valence-electron chi connectivity index (χ4n) is 6.43. The molecule has 0 saturated heterocycles. The van der Waals surface area contributed by atoms with Gasteiger partial charge in [-0.05, 0) is 0 Å². The molecule has 0 aliphatic carbocycles. The Labute approximate surface area is 566 Å². The van der Waals surface area contributed by atoms with Gasteiger partial charge in [0.1, 0.15) is 10.9 Å². The Hall–Kier alpha value is -0.580. The monoisotopic (exact) mass is 1420 g/mol. The zero-order valence-corrected chi connectivity index (χ0v) is 57.8. The van der Waals surface area contributed by atoms with Gasteiger partial charge in [0, 0.05) is 0 Å². The summed E-state index contributed by atoms with van der Waals surface area (Å²) < 4.78 is 153. The van der Waals surface area contributed by atoms with E-state index in [1.54, 1.807) is 0 Å². The van der Waals surface area contributed by atoms with E-state index in [9.17, 15) is 10.2 Å². The summed E-state index contributed by atoms with van der Waals surface area (Å²) in [5.41, 5.74) is -1.03. The zero-order valence-electron chi connectivity index (χ0n) is 56.2. The first-order valence-corrected chi connectivity index (χ1v) is 35.1. The molecule has 0 spiro atoms. The predicted octanol–water partition coefficient (Wildman–Crippen LogP) is -0.546. The van der Waals surface area contributed by atoms with Crippen molar-refractivity contribution in [3.63, 3.8) is 0 Å². The number of aliphatic hydroxyl groups is 4. The fourth-order valence-corrected chi connectivity index (χ4v) is 8.55. The fraction of sp³-hybridized carbons (Fsp3) is 1.00. The minimum absolute atomic E-state index is 0.0128. The molecule has 0 amide bonds. The van der Waals surface area contributed by atoms with Crippen LogP contribution in [0, 0.1) is 0 Å². The molecule has 566 valence electrons. The first-order chi connectivity index (χ1) is 46.8. The van der Waals surface area contributed by atoms with E-state index >= 15 is 0 Å². The maximum atomic E-state index is 9.74. The van der Waals surface area contributed by atoms with Gasteiger partial charge in [0.25, 0.3) is 0 Å². The Morgan fingerprint density at radius 1 is 0.138 bits per heavy atom. The van der Waals surface area contributed by atoms with E-state index in [1.165, 1.54) is 21.6 Å². The van der Waals surface area contributed by atoms with E-state index in [-0.39, 0.29) is 39.6 Å². The normalized spacial score (nSPS) is 12.5. The molecule has 0 aliphatic heterocycles. The van der Waals surface area contributed by atoms with Gasteiger partial charge in [-0.1, -0.05) is 21.6 Å². The van der Waals surface area contributed by atoms with Crippen LogP contribution in [0.1, 0.15) is 0 Å². The molecule has 0 heterocycles. The maximum absolute atomic E-state index is 9.74. The SMILES string of the molecule is OCCOCCOCCOCCOCCOCCOCCOCCOCCOCCOCCOCCOCCOCCOC(CO)SSC(CO)OCCOCCOCCOCCOCCOCCOCCOCCOCCOCCOCCOCCOCCOCCO. The molecule has 4 N–H and O–H groups in total. The second-order valence-electron chi connectivity index (χ2n) is 18.5. The average Bonchev–Trinajstić information content (AvgIpc) is 3.79. The van der Waals surface area contributed by atoms with Crippen LogP contribution in [0.25, 0.3) is 0 Å². The molecule has 0 aromatic rings. The molecule has 0 rings (SSSR count). The van der Waals surface area contributed by atoms with Gasteiger partial charge in [0.2, 0.25) is 0 Å². The van der Waals surface area contributed by atoms with Crippen molar-refractivity contribution in [2.75, 3.05) is 383 Å². The highest BCUT2D eigenvalue weighted by molar-refractivity contribution is 8.77. The van der Waals surface area contributed by atoms with Crippen LogP contribution in [0.15, 0.2) is 0 Å². The van der Waals surface area contributed by atoms with Gasteiger partial charge in [-0.15, -0.1) is 0 Å². The third-order valence-electron chi connectivity index (χ3n) is 11.0. The van der Waals surface area contributed by atoms with Crippen molar-refractivity contribution in [3.8, 4) is 0 Å². The molecular formula is C60H122O32S2. The van der Waals surface area contributed by atoms with Crippen molar-refractivity contribution >= 4 is 21.6 Å². The quantitative estimate of drug-likeness (QED) is 0.0337. The smallest absolute Gasteiger partial charge is 0.136 e. The van der Waals surface area contributed by atoms with Crippen LogP contribution < -0.4 is 0 Å². The van der Waals surface area contributed by atoms with Gasteiger partial charge >= 0.3 is 0 Å². The van der Waals surface area contributed by atoms with Crippen LogP contribution in [0.2, 0.25) is 0 Å². The lowest BCUT2D eigenvalue weighted by molar-refractivity contribution is -0.0302.